The second kappa shape index (κ2) is 4.17. The molecule has 0 bridgehead atoms. The molecule has 0 saturated heterocycles. The highest BCUT2D eigenvalue weighted by molar-refractivity contribution is 7.71. The van der Waals surface area contributed by atoms with Crippen molar-refractivity contribution in [1.82, 2.24) is 9.97 Å². The van der Waals surface area contributed by atoms with Crippen LogP contribution in [0.3, 0.4) is 0 Å². The largest absolute Gasteiger partial charge is 0.367 e. The van der Waals surface area contributed by atoms with Gasteiger partial charge in [0.1, 0.15) is 16.3 Å². The minimum absolute atomic E-state index is 0.00871. The standard InChI is InChI=1S/C12H21N3S/c1-11(2,3)10-13-8(7-9(16)14-10)15-12(4,5)6/h7H,1-6H3,(H2,13,14,15,16). The van der Waals surface area contributed by atoms with E-state index in [0.29, 0.717) is 4.64 Å². The van der Waals surface area contributed by atoms with Crippen molar-refractivity contribution in [2.45, 2.75) is 52.5 Å². The third-order valence-corrected chi connectivity index (χ3v) is 2.17. The van der Waals surface area contributed by atoms with Crippen molar-refractivity contribution in [1.29, 1.82) is 0 Å². The minimum atomic E-state index is -0.0247. The fraction of sp³-hybridized carbons (Fsp3) is 0.667. The van der Waals surface area contributed by atoms with Crippen molar-refractivity contribution in [2.75, 3.05) is 5.32 Å². The summed E-state index contributed by atoms with van der Waals surface area (Å²) < 4.78 is 0.621. The van der Waals surface area contributed by atoms with Gasteiger partial charge in [0, 0.05) is 17.0 Å². The molecule has 0 aromatic carbocycles. The van der Waals surface area contributed by atoms with Gasteiger partial charge in [-0.15, -0.1) is 0 Å². The van der Waals surface area contributed by atoms with Gasteiger partial charge in [0.15, 0.2) is 0 Å². The van der Waals surface area contributed by atoms with Gasteiger partial charge >= 0.3 is 0 Å². The molecule has 0 unspecified atom stereocenters. The summed E-state index contributed by atoms with van der Waals surface area (Å²) in [5.41, 5.74) is -0.0160. The summed E-state index contributed by atoms with van der Waals surface area (Å²) >= 11 is 5.17. The van der Waals surface area contributed by atoms with Crippen molar-refractivity contribution in [3.8, 4) is 0 Å². The lowest BCUT2D eigenvalue weighted by molar-refractivity contribution is 0.542. The Bertz CT molecular complexity index is 421. The summed E-state index contributed by atoms with van der Waals surface area (Å²) in [5.74, 6) is 1.84. The quantitative estimate of drug-likeness (QED) is 0.735. The van der Waals surface area contributed by atoms with E-state index < -0.39 is 0 Å². The molecule has 0 aliphatic heterocycles. The maximum atomic E-state index is 5.17. The van der Waals surface area contributed by atoms with E-state index in [9.17, 15) is 0 Å². The van der Waals surface area contributed by atoms with Crippen LogP contribution in [-0.4, -0.2) is 15.5 Å². The molecule has 1 heterocycles. The Morgan fingerprint density at radius 1 is 1.19 bits per heavy atom. The molecule has 90 valence electrons. The summed E-state index contributed by atoms with van der Waals surface area (Å²) in [4.78, 5) is 7.65. The molecule has 0 amide bonds. The van der Waals surface area contributed by atoms with Gasteiger partial charge in [-0.2, -0.15) is 0 Å². The Hall–Kier alpha value is -0.900. The molecule has 0 atom stereocenters. The van der Waals surface area contributed by atoms with Crippen LogP contribution in [0.25, 0.3) is 0 Å². The lowest BCUT2D eigenvalue weighted by Crippen LogP contribution is -2.27. The first-order valence-electron chi connectivity index (χ1n) is 5.48. The van der Waals surface area contributed by atoms with Crippen LogP contribution in [0, 0.1) is 4.64 Å². The van der Waals surface area contributed by atoms with E-state index in [4.69, 9.17) is 12.2 Å². The summed E-state index contributed by atoms with van der Waals surface area (Å²) in [7, 11) is 0. The molecule has 4 heteroatoms. The Kier molecular flexibility index (Phi) is 3.43. The second-order valence-electron chi connectivity index (χ2n) is 6.11. The Morgan fingerprint density at radius 2 is 1.75 bits per heavy atom. The van der Waals surface area contributed by atoms with Crippen molar-refractivity contribution in [3.05, 3.63) is 16.5 Å². The number of H-pyrrole nitrogens is 1. The van der Waals surface area contributed by atoms with Gasteiger partial charge in [-0.05, 0) is 20.8 Å². The van der Waals surface area contributed by atoms with Crippen molar-refractivity contribution >= 4 is 18.0 Å². The first kappa shape index (κ1) is 13.2. The number of aromatic nitrogens is 2. The van der Waals surface area contributed by atoms with Gasteiger partial charge in [-0.1, -0.05) is 33.0 Å². The second-order valence-corrected chi connectivity index (χ2v) is 6.52. The van der Waals surface area contributed by atoms with Gasteiger partial charge in [-0.3, -0.25) is 0 Å². The zero-order chi connectivity index (χ0) is 12.6. The van der Waals surface area contributed by atoms with Crippen LogP contribution in [0.5, 0.6) is 0 Å². The number of hydrogen-bond acceptors (Lipinski definition) is 3. The molecule has 0 saturated carbocycles. The molecule has 0 radical (unpaired) electrons. The molecule has 0 fully saturated rings. The van der Waals surface area contributed by atoms with Crippen LogP contribution in [0.15, 0.2) is 6.07 Å². The van der Waals surface area contributed by atoms with Gasteiger partial charge in [0.25, 0.3) is 0 Å². The number of rotatable bonds is 1. The first-order valence-corrected chi connectivity index (χ1v) is 5.89. The van der Waals surface area contributed by atoms with E-state index in [1.807, 2.05) is 6.07 Å². The highest BCUT2D eigenvalue weighted by Gasteiger charge is 2.18. The predicted octanol–water partition coefficient (Wildman–Crippen LogP) is 3.65. The van der Waals surface area contributed by atoms with Crippen LogP contribution in [0.2, 0.25) is 0 Å². The molecule has 3 nitrogen and oxygen atoms in total. The number of anilines is 1. The maximum Gasteiger partial charge on any atom is 0.131 e. The monoisotopic (exact) mass is 239 g/mol. The fourth-order valence-electron chi connectivity index (χ4n) is 1.28. The molecule has 1 rings (SSSR count). The zero-order valence-corrected chi connectivity index (χ0v) is 11.7. The highest BCUT2D eigenvalue weighted by atomic mass is 32.1. The molecule has 0 spiro atoms. The lowest BCUT2D eigenvalue weighted by atomic mass is 9.96. The van der Waals surface area contributed by atoms with Crippen LogP contribution >= 0.6 is 12.2 Å². The molecule has 0 aliphatic rings. The number of nitrogens with zero attached hydrogens (tertiary/aromatic N) is 1. The van der Waals surface area contributed by atoms with Crippen LogP contribution < -0.4 is 5.32 Å². The third-order valence-electron chi connectivity index (χ3n) is 1.96. The van der Waals surface area contributed by atoms with Gasteiger partial charge in [-0.25, -0.2) is 4.98 Å². The van der Waals surface area contributed by atoms with Gasteiger partial charge in [0.2, 0.25) is 0 Å². The molecular formula is C12H21N3S. The summed E-state index contributed by atoms with van der Waals surface area (Å²) in [6, 6.07) is 1.86. The summed E-state index contributed by atoms with van der Waals surface area (Å²) in [6.07, 6.45) is 0. The molecular weight excluding hydrogens is 218 g/mol. The fourth-order valence-corrected chi connectivity index (χ4v) is 1.49. The van der Waals surface area contributed by atoms with E-state index >= 15 is 0 Å². The minimum Gasteiger partial charge on any atom is -0.367 e. The van der Waals surface area contributed by atoms with Crippen molar-refractivity contribution in [2.24, 2.45) is 0 Å². The SMILES string of the molecule is CC(C)(C)Nc1cc(=S)nc(C(C)(C)C)[nH]1. The van der Waals surface area contributed by atoms with E-state index in [0.717, 1.165) is 11.6 Å². The predicted molar refractivity (Wildman–Crippen MR) is 71.5 cm³/mol. The van der Waals surface area contributed by atoms with Crippen molar-refractivity contribution < 1.29 is 0 Å². The van der Waals surface area contributed by atoms with Gasteiger partial charge in [0.05, 0.1) is 0 Å². The Labute approximate surface area is 103 Å². The van der Waals surface area contributed by atoms with Crippen molar-refractivity contribution in [3.63, 3.8) is 0 Å². The van der Waals surface area contributed by atoms with Crippen LogP contribution in [0.1, 0.15) is 47.4 Å². The van der Waals surface area contributed by atoms with E-state index in [1.165, 1.54) is 0 Å². The van der Waals surface area contributed by atoms with Crippen LogP contribution in [-0.2, 0) is 5.41 Å². The Balaban J connectivity index is 3.14. The molecule has 2 N–H and O–H groups in total. The summed E-state index contributed by atoms with van der Waals surface area (Å²) in [5, 5.41) is 3.37. The lowest BCUT2D eigenvalue weighted by Gasteiger charge is -2.24. The number of nitrogens with one attached hydrogen (secondary N) is 2. The average Bonchev–Trinajstić information content (AvgIpc) is 1.97. The zero-order valence-electron chi connectivity index (χ0n) is 10.9. The van der Waals surface area contributed by atoms with E-state index in [1.54, 1.807) is 0 Å². The molecule has 1 aromatic rings. The first-order chi connectivity index (χ1) is 7.08. The molecule has 16 heavy (non-hydrogen) atoms. The normalized spacial score (nSPS) is 12.6. The number of aromatic amines is 1. The molecule has 1 aromatic heterocycles. The number of hydrogen-bond donors (Lipinski definition) is 2. The molecule has 0 aliphatic carbocycles. The van der Waals surface area contributed by atoms with E-state index in [-0.39, 0.29) is 11.0 Å². The maximum absolute atomic E-state index is 5.17. The Morgan fingerprint density at radius 3 is 2.19 bits per heavy atom. The van der Waals surface area contributed by atoms with E-state index in [2.05, 4.69) is 56.8 Å². The van der Waals surface area contributed by atoms with Gasteiger partial charge < -0.3 is 10.3 Å². The summed E-state index contributed by atoms with van der Waals surface area (Å²) in [6.45, 7) is 12.7. The smallest absolute Gasteiger partial charge is 0.131 e. The topological polar surface area (TPSA) is 40.7 Å². The highest BCUT2D eigenvalue weighted by Crippen LogP contribution is 2.20. The average molecular weight is 239 g/mol. The van der Waals surface area contributed by atoms with Crippen LogP contribution in [0.4, 0.5) is 5.82 Å². The third kappa shape index (κ3) is 3.93.